The van der Waals surface area contributed by atoms with E-state index < -0.39 is 0 Å². The van der Waals surface area contributed by atoms with Crippen LogP contribution in [0.3, 0.4) is 0 Å². The minimum absolute atomic E-state index is 0.170. The maximum Gasteiger partial charge on any atom is 0.124 e. The van der Waals surface area contributed by atoms with Gasteiger partial charge in [-0.3, -0.25) is 0 Å². The SMILES string of the molecule is CCC(N)Cc1cc(C)ccc1Sc1cccc(F)c1. The highest BCUT2D eigenvalue weighted by Gasteiger charge is 2.09. The monoisotopic (exact) mass is 289 g/mol. The van der Waals surface area contributed by atoms with Crippen LogP contribution >= 0.6 is 11.8 Å². The molecule has 0 heterocycles. The average Bonchev–Trinajstić information content (AvgIpc) is 2.42. The summed E-state index contributed by atoms with van der Waals surface area (Å²) < 4.78 is 13.3. The van der Waals surface area contributed by atoms with E-state index in [-0.39, 0.29) is 11.9 Å². The van der Waals surface area contributed by atoms with Crippen molar-refractivity contribution in [1.82, 2.24) is 0 Å². The fraction of sp³-hybridized carbons (Fsp3) is 0.294. The summed E-state index contributed by atoms with van der Waals surface area (Å²) in [4.78, 5) is 2.07. The molecule has 0 amide bonds. The second-order valence-corrected chi connectivity index (χ2v) is 6.16. The largest absolute Gasteiger partial charge is 0.327 e. The van der Waals surface area contributed by atoms with Crippen molar-refractivity contribution in [3.63, 3.8) is 0 Å². The van der Waals surface area contributed by atoms with E-state index in [4.69, 9.17) is 5.73 Å². The first-order valence-corrected chi connectivity index (χ1v) is 7.68. The minimum atomic E-state index is -0.200. The van der Waals surface area contributed by atoms with E-state index in [1.807, 2.05) is 6.07 Å². The van der Waals surface area contributed by atoms with Gasteiger partial charge in [0.05, 0.1) is 0 Å². The molecule has 2 rings (SSSR count). The Morgan fingerprint density at radius 2 is 2.00 bits per heavy atom. The Morgan fingerprint density at radius 3 is 2.70 bits per heavy atom. The lowest BCUT2D eigenvalue weighted by atomic mass is 10.0. The van der Waals surface area contributed by atoms with Gasteiger partial charge >= 0.3 is 0 Å². The summed E-state index contributed by atoms with van der Waals surface area (Å²) in [6.07, 6.45) is 1.81. The van der Waals surface area contributed by atoms with Crippen LogP contribution < -0.4 is 5.73 Å². The van der Waals surface area contributed by atoms with Gasteiger partial charge in [-0.05, 0) is 49.6 Å². The lowest BCUT2D eigenvalue weighted by Gasteiger charge is -2.14. The standard InChI is InChI=1S/C17H20FNS/c1-3-15(19)10-13-9-12(2)7-8-17(13)20-16-6-4-5-14(18)11-16/h4-9,11,15H,3,10,19H2,1-2H3. The van der Waals surface area contributed by atoms with E-state index in [1.54, 1.807) is 23.9 Å². The van der Waals surface area contributed by atoms with E-state index in [2.05, 4.69) is 32.0 Å². The van der Waals surface area contributed by atoms with E-state index in [9.17, 15) is 4.39 Å². The fourth-order valence-corrected chi connectivity index (χ4v) is 3.03. The van der Waals surface area contributed by atoms with E-state index in [0.717, 1.165) is 22.6 Å². The Labute approximate surface area is 124 Å². The Morgan fingerprint density at radius 1 is 1.20 bits per heavy atom. The molecule has 0 aromatic heterocycles. The first kappa shape index (κ1) is 15.1. The van der Waals surface area contributed by atoms with Crippen LogP contribution in [0, 0.1) is 12.7 Å². The lowest BCUT2D eigenvalue weighted by molar-refractivity contribution is 0.624. The quantitative estimate of drug-likeness (QED) is 0.873. The van der Waals surface area contributed by atoms with Crippen molar-refractivity contribution in [3.8, 4) is 0 Å². The summed E-state index contributed by atoms with van der Waals surface area (Å²) in [5.74, 6) is -0.200. The zero-order valence-corrected chi connectivity index (χ0v) is 12.7. The van der Waals surface area contributed by atoms with Crippen molar-refractivity contribution in [3.05, 3.63) is 59.4 Å². The van der Waals surface area contributed by atoms with Crippen LogP contribution in [-0.4, -0.2) is 6.04 Å². The molecule has 0 bridgehead atoms. The number of halogens is 1. The summed E-state index contributed by atoms with van der Waals surface area (Å²) in [5, 5.41) is 0. The molecule has 2 N–H and O–H groups in total. The summed E-state index contributed by atoms with van der Waals surface area (Å²) in [7, 11) is 0. The third-order valence-electron chi connectivity index (χ3n) is 3.25. The van der Waals surface area contributed by atoms with Gasteiger partial charge in [-0.15, -0.1) is 0 Å². The first-order chi connectivity index (χ1) is 9.58. The van der Waals surface area contributed by atoms with E-state index in [1.165, 1.54) is 17.2 Å². The van der Waals surface area contributed by atoms with Crippen molar-refractivity contribution >= 4 is 11.8 Å². The molecule has 2 aromatic rings. The number of benzene rings is 2. The molecule has 1 nitrogen and oxygen atoms in total. The van der Waals surface area contributed by atoms with Gasteiger partial charge in [0.25, 0.3) is 0 Å². The summed E-state index contributed by atoms with van der Waals surface area (Å²) >= 11 is 1.59. The predicted molar refractivity (Wildman–Crippen MR) is 83.7 cm³/mol. The minimum Gasteiger partial charge on any atom is -0.327 e. The van der Waals surface area contributed by atoms with Gasteiger partial charge in [0.15, 0.2) is 0 Å². The molecule has 1 atom stereocenters. The number of rotatable bonds is 5. The molecule has 106 valence electrons. The molecule has 0 aliphatic carbocycles. The van der Waals surface area contributed by atoms with Gasteiger partial charge < -0.3 is 5.73 Å². The zero-order valence-electron chi connectivity index (χ0n) is 11.9. The smallest absolute Gasteiger partial charge is 0.124 e. The highest BCUT2D eigenvalue weighted by atomic mass is 32.2. The second kappa shape index (κ2) is 6.91. The lowest BCUT2D eigenvalue weighted by Crippen LogP contribution is -2.21. The molecule has 0 fully saturated rings. The van der Waals surface area contributed by atoms with Gasteiger partial charge in [0, 0.05) is 15.8 Å². The van der Waals surface area contributed by atoms with Gasteiger partial charge in [0.1, 0.15) is 5.82 Å². The van der Waals surface area contributed by atoms with E-state index in [0.29, 0.717) is 0 Å². The van der Waals surface area contributed by atoms with Crippen LogP contribution in [0.25, 0.3) is 0 Å². The third-order valence-corrected chi connectivity index (χ3v) is 4.35. The number of nitrogens with two attached hydrogens (primary N) is 1. The zero-order chi connectivity index (χ0) is 14.5. The number of hydrogen-bond donors (Lipinski definition) is 1. The maximum atomic E-state index is 13.3. The number of hydrogen-bond acceptors (Lipinski definition) is 2. The molecule has 0 saturated heterocycles. The molecule has 0 aliphatic rings. The molecule has 20 heavy (non-hydrogen) atoms. The fourth-order valence-electron chi connectivity index (χ4n) is 2.05. The molecule has 2 aromatic carbocycles. The summed E-state index contributed by atoms with van der Waals surface area (Å²) in [5.41, 5.74) is 8.54. The van der Waals surface area contributed by atoms with Crippen molar-refractivity contribution in [2.45, 2.75) is 42.5 Å². The second-order valence-electron chi connectivity index (χ2n) is 5.04. The molecule has 0 spiro atoms. The van der Waals surface area contributed by atoms with Crippen LogP contribution in [0.15, 0.2) is 52.3 Å². The molecule has 0 aliphatic heterocycles. The van der Waals surface area contributed by atoms with Crippen LogP contribution in [0.5, 0.6) is 0 Å². The Balaban J connectivity index is 2.26. The predicted octanol–water partition coefficient (Wildman–Crippen LogP) is 4.57. The van der Waals surface area contributed by atoms with Crippen molar-refractivity contribution in [2.24, 2.45) is 5.73 Å². The van der Waals surface area contributed by atoms with Gasteiger partial charge in [0.2, 0.25) is 0 Å². The Hall–Kier alpha value is -1.32. The first-order valence-electron chi connectivity index (χ1n) is 6.87. The van der Waals surface area contributed by atoms with Gasteiger partial charge in [-0.25, -0.2) is 4.39 Å². The normalized spacial score (nSPS) is 12.4. The molecular formula is C17H20FNS. The van der Waals surface area contributed by atoms with E-state index >= 15 is 0 Å². The third kappa shape index (κ3) is 4.09. The molecule has 0 radical (unpaired) electrons. The Bertz CT molecular complexity index is 583. The summed E-state index contributed by atoms with van der Waals surface area (Å²) in [6.45, 7) is 4.18. The van der Waals surface area contributed by atoms with Crippen molar-refractivity contribution in [2.75, 3.05) is 0 Å². The highest BCUT2D eigenvalue weighted by Crippen LogP contribution is 2.32. The highest BCUT2D eigenvalue weighted by molar-refractivity contribution is 7.99. The van der Waals surface area contributed by atoms with Crippen molar-refractivity contribution < 1.29 is 4.39 Å². The van der Waals surface area contributed by atoms with Crippen LogP contribution in [0.2, 0.25) is 0 Å². The van der Waals surface area contributed by atoms with Gasteiger partial charge in [-0.2, -0.15) is 0 Å². The number of aryl methyl sites for hydroxylation is 1. The average molecular weight is 289 g/mol. The molecule has 3 heteroatoms. The van der Waals surface area contributed by atoms with Gasteiger partial charge in [-0.1, -0.05) is 42.4 Å². The van der Waals surface area contributed by atoms with Crippen LogP contribution in [0.1, 0.15) is 24.5 Å². The van der Waals surface area contributed by atoms with Crippen molar-refractivity contribution in [1.29, 1.82) is 0 Å². The van der Waals surface area contributed by atoms with Crippen LogP contribution in [-0.2, 0) is 6.42 Å². The molecule has 1 unspecified atom stereocenters. The topological polar surface area (TPSA) is 26.0 Å². The molecular weight excluding hydrogens is 269 g/mol. The maximum absolute atomic E-state index is 13.3. The Kier molecular flexibility index (Phi) is 5.21. The molecule has 0 saturated carbocycles. The van der Waals surface area contributed by atoms with Crippen LogP contribution in [0.4, 0.5) is 4.39 Å². The summed E-state index contributed by atoms with van der Waals surface area (Å²) in [6, 6.07) is 13.2.